The number of thioether (sulfide) groups is 1. The van der Waals surface area contributed by atoms with Gasteiger partial charge in [0.2, 0.25) is 0 Å². The number of amides is 2. The Kier molecular flexibility index (Phi) is 4.06. The lowest BCUT2D eigenvalue weighted by Gasteiger charge is -2.10. The van der Waals surface area contributed by atoms with Gasteiger partial charge in [0.25, 0.3) is 11.1 Å². The van der Waals surface area contributed by atoms with E-state index in [1.54, 1.807) is 12.1 Å². The normalized spacial score (nSPS) is 17.5. The zero-order chi connectivity index (χ0) is 13.8. The molecule has 2 rings (SSSR count). The predicted molar refractivity (Wildman–Crippen MR) is 68.3 cm³/mol. The summed E-state index contributed by atoms with van der Waals surface area (Å²) in [6.45, 7) is 0.118. The van der Waals surface area contributed by atoms with Crippen molar-refractivity contribution >= 4 is 35.0 Å². The van der Waals surface area contributed by atoms with Crippen LogP contribution >= 0.6 is 11.8 Å². The molecule has 1 aromatic rings. The number of imide groups is 1. The molecule has 2 amide bonds. The van der Waals surface area contributed by atoms with Crippen LogP contribution in [-0.4, -0.2) is 33.7 Å². The average molecular weight is 281 g/mol. The van der Waals surface area contributed by atoms with Crippen LogP contribution in [0.1, 0.15) is 18.6 Å². The molecule has 0 aromatic carbocycles. The lowest BCUT2D eigenvalue weighted by atomic mass is 10.3. The molecule has 7 heteroatoms. The molecule has 0 aliphatic carbocycles. The van der Waals surface area contributed by atoms with E-state index in [1.807, 2.05) is 0 Å². The second kappa shape index (κ2) is 5.75. The monoisotopic (exact) mass is 281 g/mol. The molecular weight excluding hydrogens is 270 g/mol. The van der Waals surface area contributed by atoms with Crippen LogP contribution in [-0.2, 0) is 9.59 Å². The molecule has 1 aromatic heterocycles. The fourth-order valence-corrected chi connectivity index (χ4v) is 2.43. The molecule has 6 nitrogen and oxygen atoms in total. The number of hydrogen-bond donors (Lipinski definition) is 1. The molecule has 1 saturated heterocycles. The van der Waals surface area contributed by atoms with Gasteiger partial charge in [-0.1, -0.05) is 0 Å². The van der Waals surface area contributed by atoms with Crippen molar-refractivity contribution in [2.75, 3.05) is 6.54 Å². The third-order valence-corrected chi connectivity index (χ3v) is 3.37. The largest absolute Gasteiger partial charge is 0.481 e. The van der Waals surface area contributed by atoms with Crippen molar-refractivity contribution in [1.29, 1.82) is 0 Å². The van der Waals surface area contributed by atoms with Crippen molar-refractivity contribution in [3.8, 4) is 0 Å². The lowest BCUT2D eigenvalue weighted by molar-refractivity contribution is -0.137. The van der Waals surface area contributed by atoms with Gasteiger partial charge in [-0.25, -0.2) is 0 Å². The maximum Gasteiger partial charge on any atom is 0.303 e. The van der Waals surface area contributed by atoms with Gasteiger partial charge in [-0.2, -0.15) is 0 Å². The Morgan fingerprint density at radius 2 is 2.26 bits per heavy atom. The van der Waals surface area contributed by atoms with Gasteiger partial charge in [0.1, 0.15) is 5.76 Å². The fraction of sp³-hybridized carbons (Fsp3) is 0.250. The molecule has 0 bridgehead atoms. The van der Waals surface area contributed by atoms with Crippen LogP contribution in [0.25, 0.3) is 6.08 Å². The highest BCUT2D eigenvalue weighted by Crippen LogP contribution is 2.32. The summed E-state index contributed by atoms with van der Waals surface area (Å²) in [7, 11) is 0. The van der Waals surface area contributed by atoms with E-state index in [-0.39, 0.29) is 29.5 Å². The van der Waals surface area contributed by atoms with Crippen molar-refractivity contribution in [3.63, 3.8) is 0 Å². The minimum atomic E-state index is -0.946. The van der Waals surface area contributed by atoms with E-state index < -0.39 is 11.9 Å². The Morgan fingerprint density at radius 1 is 1.47 bits per heavy atom. The van der Waals surface area contributed by atoms with Crippen molar-refractivity contribution in [2.24, 2.45) is 0 Å². The highest BCUT2D eigenvalue weighted by molar-refractivity contribution is 8.18. The van der Waals surface area contributed by atoms with Crippen molar-refractivity contribution in [3.05, 3.63) is 29.1 Å². The van der Waals surface area contributed by atoms with Crippen molar-refractivity contribution in [2.45, 2.75) is 12.8 Å². The summed E-state index contributed by atoms with van der Waals surface area (Å²) in [4.78, 5) is 35.3. The first-order chi connectivity index (χ1) is 9.08. The predicted octanol–water partition coefficient (Wildman–Crippen LogP) is 2.18. The zero-order valence-electron chi connectivity index (χ0n) is 9.87. The Hall–Kier alpha value is -2.02. The molecule has 1 fully saturated rings. The third kappa shape index (κ3) is 3.25. The Labute approximate surface area is 113 Å². The van der Waals surface area contributed by atoms with E-state index in [9.17, 15) is 14.4 Å². The molecule has 0 atom stereocenters. The van der Waals surface area contributed by atoms with E-state index in [0.29, 0.717) is 5.76 Å². The summed E-state index contributed by atoms with van der Waals surface area (Å²) >= 11 is 0.830. The fourth-order valence-electron chi connectivity index (χ4n) is 1.58. The molecule has 19 heavy (non-hydrogen) atoms. The maximum absolute atomic E-state index is 11.9. The minimum Gasteiger partial charge on any atom is -0.481 e. The molecule has 1 aliphatic rings. The lowest BCUT2D eigenvalue weighted by Crippen LogP contribution is -2.29. The van der Waals surface area contributed by atoms with Crippen LogP contribution in [0.4, 0.5) is 4.79 Å². The van der Waals surface area contributed by atoms with Gasteiger partial charge in [0.05, 0.1) is 11.2 Å². The van der Waals surface area contributed by atoms with Gasteiger partial charge in [-0.15, -0.1) is 0 Å². The van der Waals surface area contributed by atoms with Gasteiger partial charge < -0.3 is 9.52 Å². The highest BCUT2D eigenvalue weighted by Gasteiger charge is 2.34. The number of carboxylic acids is 1. The topological polar surface area (TPSA) is 87.8 Å². The molecule has 0 spiro atoms. The van der Waals surface area contributed by atoms with Crippen LogP contribution in [0.2, 0.25) is 0 Å². The summed E-state index contributed by atoms with van der Waals surface area (Å²) < 4.78 is 5.08. The maximum atomic E-state index is 11.9. The number of hydrogen-bond acceptors (Lipinski definition) is 5. The molecule has 100 valence electrons. The average Bonchev–Trinajstić information content (AvgIpc) is 2.93. The van der Waals surface area contributed by atoms with E-state index in [1.165, 1.54) is 12.3 Å². The Balaban J connectivity index is 2.02. The Morgan fingerprint density at radius 3 is 2.89 bits per heavy atom. The SMILES string of the molecule is O=C(O)CCCN1C(=O)SC(=Cc2ccco2)C1=O. The number of rotatable bonds is 5. The van der Waals surface area contributed by atoms with Gasteiger partial charge in [-0.05, 0) is 30.3 Å². The summed E-state index contributed by atoms with van der Waals surface area (Å²) in [6.07, 6.45) is 3.16. The number of nitrogens with zero attached hydrogens (tertiary/aromatic N) is 1. The minimum absolute atomic E-state index is 0.0705. The number of carboxylic acid groups (broad SMARTS) is 1. The van der Waals surface area contributed by atoms with Crippen LogP contribution in [0.15, 0.2) is 27.7 Å². The van der Waals surface area contributed by atoms with Gasteiger partial charge in [-0.3, -0.25) is 19.3 Å². The Bertz CT molecular complexity index is 534. The van der Waals surface area contributed by atoms with Crippen LogP contribution in [0.5, 0.6) is 0 Å². The smallest absolute Gasteiger partial charge is 0.303 e. The summed E-state index contributed by atoms with van der Waals surface area (Å²) in [5.41, 5.74) is 0. The van der Waals surface area contributed by atoms with Gasteiger partial charge >= 0.3 is 5.97 Å². The number of aliphatic carboxylic acids is 1. The van der Waals surface area contributed by atoms with Gasteiger partial charge in [0, 0.05) is 19.0 Å². The molecule has 1 N–H and O–H groups in total. The first-order valence-electron chi connectivity index (χ1n) is 5.58. The number of carbonyl (C=O) groups is 3. The number of furan rings is 1. The van der Waals surface area contributed by atoms with Crippen LogP contribution in [0, 0.1) is 0 Å². The molecule has 0 radical (unpaired) electrons. The molecular formula is C12H11NO5S. The molecule has 0 saturated carbocycles. The first-order valence-corrected chi connectivity index (χ1v) is 6.40. The summed E-state index contributed by atoms with van der Waals surface area (Å²) in [5.74, 6) is -0.856. The van der Waals surface area contributed by atoms with Crippen molar-refractivity contribution < 1.29 is 23.9 Å². The molecule has 1 aliphatic heterocycles. The van der Waals surface area contributed by atoms with Gasteiger partial charge in [0.15, 0.2) is 0 Å². The summed E-state index contributed by atoms with van der Waals surface area (Å²) in [5, 5.41) is 8.14. The van der Waals surface area contributed by atoms with E-state index in [4.69, 9.17) is 9.52 Å². The second-order valence-electron chi connectivity index (χ2n) is 3.85. The highest BCUT2D eigenvalue weighted by atomic mass is 32.2. The zero-order valence-corrected chi connectivity index (χ0v) is 10.7. The van der Waals surface area contributed by atoms with Crippen molar-refractivity contribution in [1.82, 2.24) is 4.90 Å². The third-order valence-electron chi connectivity index (χ3n) is 2.46. The van der Waals surface area contributed by atoms with E-state index >= 15 is 0 Å². The second-order valence-corrected chi connectivity index (χ2v) is 4.84. The number of carbonyl (C=O) groups excluding carboxylic acids is 2. The summed E-state index contributed by atoms with van der Waals surface area (Å²) in [6, 6.07) is 3.36. The first kappa shape index (κ1) is 13.4. The standard InChI is InChI=1S/C12H11NO5S/c14-10(15)4-1-5-13-11(16)9(19-12(13)17)7-8-3-2-6-18-8/h2-3,6-7H,1,4-5H2,(H,14,15). The van der Waals surface area contributed by atoms with Crippen LogP contribution in [0.3, 0.4) is 0 Å². The van der Waals surface area contributed by atoms with E-state index in [0.717, 1.165) is 16.7 Å². The molecule has 2 heterocycles. The van der Waals surface area contributed by atoms with Crippen LogP contribution < -0.4 is 0 Å². The quantitative estimate of drug-likeness (QED) is 0.832. The molecule has 0 unspecified atom stereocenters. The van der Waals surface area contributed by atoms with E-state index in [2.05, 4.69) is 0 Å².